The average Bonchev–Trinajstić information content (AvgIpc) is 3.03. The maximum Gasteiger partial charge on any atom is 0.256 e. The van der Waals surface area contributed by atoms with Gasteiger partial charge in [-0.3, -0.25) is 4.79 Å². The predicted octanol–water partition coefficient (Wildman–Crippen LogP) is 2.62. The van der Waals surface area contributed by atoms with Crippen LogP contribution in [-0.4, -0.2) is 28.9 Å². The van der Waals surface area contributed by atoms with Gasteiger partial charge in [0.15, 0.2) is 0 Å². The van der Waals surface area contributed by atoms with Crippen molar-refractivity contribution in [3.05, 3.63) is 30.0 Å². The van der Waals surface area contributed by atoms with Gasteiger partial charge < -0.3 is 15.6 Å². The zero-order valence-electron chi connectivity index (χ0n) is 11.1. The molecule has 1 fully saturated rings. The van der Waals surface area contributed by atoms with Gasteiger partial charge in [0, 0.05) is 35.9 Å². The fraction of sp³-hybridized carbons (Fsp3) is 0.400. The minimum Gasteiger partial charge on any atom is -0.399 e. The van der Waals surface area contributed by atoms with E-state index in [4.69, 9.17) is 5.73 Å². The standard InChI is InChI=1S/C15H19N3O/c1-2-10-5-6-18(9-10)15(19)13-8-17-14-7-11(16)3-4-12(13)14/h3-4,7-8,10,17H,2,5-6,9,16H2,1H3. The molecule has 0 saturated carbocycles. The molecule has 2 aromatic rings. The fourth-order valence-electron chi connectivity index (χ4n) is 2.84. The lowest BCUT2D eigenvalue weighted by molar-refractivity contribution is 0.0789. The van der Waals surface area contributed by atoms with Crippen molar-refractivity contribution in [2.45, 2.75) is 19.8 Å². The summed E-state index contributed by atoms with van der Waals surface area (Å²) in [6.07, 6.45) is 4.07. The Labute approximate surface area is 112 Å². The monoisotopic (exact) mass is 257 g/mol. The van der Waals surface area contributed by atoms with Crippen molar-refractivity contribution in [1.29, 1.82) is 0 Å². The van der Waals surface area contributed by atoms with Crippen LogP contribution in [-0.2, 0) is 0 Å². The first-order valence-electron chi connectivity index (χ1n) is 6.85. The van der Waals surface area contributed by atoms with Crippen molar-refractivity contribution >= 4 is 22.5 Å². The third kappa shape index (κ3) is 2.07. The van der Waals surface area contributed by atoms with Gasteiger partial charge >= 0.3 is 0 Å². The van der Waals surface area contributed by atoms with Gasteiger partial charge in [-0.25, -0.2) is 0 Å². The number of anilines is 1. The molecule has 1 unspecified atom stereocenters. The van der Waals surface area contributed by atoms with Gasteiger partial charge in [-0.15, -0.1) is 0 Å². The zero-order valence-corrected chi connectivity index (χ0v) is 11.1. The van der Waals surface area contributed by atoms with Gasteiger partial charge in [-0.2, -0.15) is 0 Å². The number of fused-ring (bicyclic) bond motifs is 1. The van der Waals surface area contributed by atoms with Crippen LogP contribution in [0, 0.1) is 5.92 Å². The minimum absolute atomic E-state index is 0.131. The quantitative estimate of drug-likeness (QED) is 0.812. The van der Waals surface area contributed by atoms with E-state index in [1.807, 2.05) is 23.1 Å². The van der Waals surface area contributed by atoms with Crippen molar-refractivity contribution in [2.24, 2.45) is 5.92 Å². The Hall–Kier alpha value is -1.97. The molecule has 1 aromatic heterocycles. The molecule has 2 heterocycles. The molecule has 0 bridgehead atoms. The number of carbonyl (C=O) groups is 1. The predicted molar refractivity (Wildman–Crippen MR) is 77.0 cm³/mol. The van der Waals surface area contributed by atoms with Crippen molar-refractivity contribution < 1.29 is 4.79 Å². The number of benzene rings is 1. The summed E-state index contributed by atoms with van der Waals surface area (Å²) in [5.74, 6) is 0.789. The van der Waals surface area contributed by atoms with Crippen LogP contribution in [0.1, 0.15) is 30.1 Å². The number of likely N-dealkylation sites (tertiary alicyclic amines) is 1. The van der Waals surface area contributed by atoms with E-state index in [0.29, 0.717) is 11.6 Å². The van der Waals surface area contributed by atoms with Gasteiger partial charge in [0.25, 0.3) is 5.91 Å². The Morgan fingerprint density at radius 2 is 2.37 bits per heavy atom. The van der Waals surface area contributed by atoms with Gasteiger partial charge in [-0.1, -0.05) is 13.3 Å². The van der Waals surface area contributed by atoms with Crippen LogP contribution in [0.15, 0.2) is 24.4 Å². The van der Waals surface area contributed by atoms with E-state index in [1.54, 1.807) is 6.20 Å². The molecule has 3 rings (SSSR count). The molecule has 1 aliphatic rings. The van der Waals surface area contributed by atoms with E-state index >= 15 is 0 Å². The van der Waals surface area contributed by atoms with Crippen LogP contribution >= 0.6 is 0 Å². The third-order valence-corrected chi connectivity index (χ3v) is 4.09. The summed E-state index contributed by atoms with van der Waals surface area (Å²) in [6, 6.07) is 5.62. The second kappa shape index (κ2) is 4.61. The highest BCUT2D eigenvalue weighted by Gasteiger charge is 2.27. The molecule has 3 N–H and O–H groups in total. The molecular formula is C15H19N3O. The maximum absolute atomic E-state index is 12.5. The Morgan fingerprint density at radius 1 is 1.53 bits per heavy atom. The fourth-order valence-corrected chi connectivity index (χ4v) is 2.84. The van der Waals surface area contributed by atoms with Gasteiger partial charge in [0.05, 0.1) is 5.56 Å². The van der Waals surface area contributed by atoms with E-state index in [-0.39, 0.29) is 5.91 Å². The van der Waals surface area contributed by atoms with Gasteiger partial charge in [0.2, 0.25) is 0 Å². The second-order valence-electron chi connectivity index (χ2n) is 5.32. The smallest absolute Gasteiger partial charge is 0.256 e. The lowest BCUT2D eigenvalue weighted by Gasteiger charge is -2.15. The summed E-state index contributed by atoms with van der Waals surface area (Å²) in [4.78, 5) is 17.6. The van der Waals surface area contributed by atoms with Gasteiger partial charge in [-0.05, 0) is 30.5 Å². The molecule has 4 nitrogen and oxygen atoms in total. The number of nitrogen functional groups attached to an aromatic ring is 1. The van der Waals surface area contributed by atoms with E-state index in [2.05, 4.69) is 11.9 Å². The van der Waals surface area contributed by atoms with Crippen LogP contribution in [0.2, 0.25) is 0 Å². The molecule has 1 aliphatic heterocycles. The van der Waals surface area contributed by atoms with Crippen LogP contribution in [0.3, 0.4) is 0 Å². The minimum atomic E-state index is 0.131. The van der Waals surface area contributed by atoms with E-state index in [0.717, 1.165) is 42.4 Å². The maximum atomic E-state index is 12.5. The number of amides is 1. The molecular weight excluding hydrogens is 238 g/mol. The number of hydrogen-bond acceptors (Lipinski definition) is 2. The summed E-state index contributed by atoms with van der Waals surface area (Å²) in [5, 5.41) is 0.958. The van der Waals surface area contributed by atoms with E-state index in [9.17, 15) is 4.79 Å². The van der Waals surface area contributed by atoms with Crippen LogP contribution in [0.4, 0.5) is 5.69 Å². The number of nitrogens with one attached hydrogen (secondary N) is 1. The second-order valence-corrected chi connectivity index (χ2v) is 5.32. The first-order valence-corrected chi connectivity index (χ1v) is 6.85. The Kier molecular flexibility index (Phi) is 2.93. The largest absolute Gasteiger partial charge is 0.399 e. The lowest BCUT2D eigenvalue weighted by atomic mass is 10.1. The summed E-state index contributed by atoms with van der Waals surface area (Å²) in [6.45, 7) is 3.95. The normalized spacial score (nSPS) is 19.2. The molecule has 1 aromatic carbocycles. The Bertz CT molecular complexity index is 617. The Balaban J connectivity index is 1.90. The van der Waals surface area contributed by atoms with Crippen LogP contribution in [0.25, 0.3) is 10.9 Å². The summed E-state index contributed by atoms with van der Waals surface area (Å²) < 4.78 is 0. The SMILES string of the molecule is CCC1CCN(C(=O)c2c[nH]c3cc(N)ccc23)C1. The number of nitrogens with two attached hydrogens (primary N) is 1. The molecule has 4 heteroatoms. The number of carbonyl (C=O) groups excluding carboxylic acids is 1. The topological polar surface area (TPSA) is 62.1 Å². The van der Waals surface area contributed by atoms with Crippen molar-refractivity contribution in [1.82, 2.24) is 9.88 Å². The van der Waals surface area contributed by atoms with Crippen molar-refractivity contribution in [2.75, 3.05) is 18.8 Å². The van der Waals surface area contributed by atoms with Crippen molar-refractivity contribution in [3.63, 3.8) is 0 Å². The summed E-state index contributed by atoms with van der Waals surface area (Å²) >= 11 is 0. The number of aromatic amines is 1. The summed E-state index contributed by atoms with van der Waals surface area (Å²) in [7, 11) is 0. The molecule has 0 aliphatic carbocycles. The highest BCUT2D eigenvalue weighted by atomic mass is 16.2. The zero-order chi connectivity index (χ0) is 13.4. The number of hydrogen-bond donors (Lipinski definition) is 2. The molecule has 100 valence electrons. The molecule has 0 radical (unpaired) electrons. The van der Waals surface area contributed by atoms with Crippen molar-refractivity contribution in [3.8, 4) is 0 Å². The van der Waals surface area contributed by atoms with Crippen LogP contribution in [0.5, 0.6) is 0 Å². The highest BCUT2D eigenvalue weighted by Crippen LogP contribution is 2.25. The first kappa shape index (κ1) is 12.1. The van der Waals surface area contributed by atoms with Crippen LogP contribution < -0.4 is 5.73 Å². The van der Waals surface area contributed by atoms with Gasteiger partial charge in [0.1, 0.15) is 0 Å². The molecule has 1 amide bonds. The molecule has 1 saturated heterocycles. The lowest BCUT2D eigenvalue weighted by Crippen LogP contribution is -2.28. The molecule has 0 spiro atoms. The molecule has 19 heavy (non-hydrogen) atoms. The number of H-pyrrole nitrogens is 1. The molecule has 1 atom stereocenters. The number of aromatic nitrogens is 1. The third-order valence-electron chi connectivity index (χ3n) is 4.09. The van der Waals surface area contributed by atoms with E-state index < -0.39 is 0 Å². The van der Waals surface area contributed by atoms with E-state index in [1.165, 1.54) is 0 Å². The highest BCUT2D eigenvalue weighted by molar-refractivity contribution is 6.07. The summed E-state index contributed by atoms with van der Waals surface area (Å²) in [5.41, 5.74) is 8.14. The average molecular weight is 257 g/mol. The Morgan fingerprint density at radius 3 is 3.11 bits per heavy atom. The first-order chi connectivity index (χ1) is 9.19. The number of nitrogens with zero attached hydrogens (tertiary/aromatic N) is 1. The number of rotatable bonds is 2.